The highest BCUT2D eigenvalue weighted by Crippen LogP contribution is 2.26. The molecular weight excluding hydrogens is 204 g/mol. The van der Waals surface area contributed by atoms with Gasteiger partial charge in [0.25, 0.3) is 5.69 Å². The molecule has 1 aromatic carbocycles. The third-order valence-electron chi connectivity index (χ3n) is 2.53. The van der Waals surface area contributed by atoms with Gasteiger partial charge in [0.2, 0.25) is 0 Å². The highest BCUT2D eigenvalue weighted by molar-refractivity contribution is 5.58. The van der Waals surface area contributed by atoms with Crippen LogP contribution in [0, 0.1) is 24.0 Å². The Kier molecular flexibility index (Phi) is 4.28. The highest BCUT2D eigenvalue weighted by atomic mass is 16.6. The van der Waals surface area contributed by atoms with Gasteiger partial charge in [0.15, 0.2) is 0 Å². The van der Waals surface area contributed by atoms with E-state index in [-0.39, 0.29) is 10.6 Å². The Balaban J connectivity index is 2.87. The standard InChI is InChI=1S/C12H18N2O2/c1-4-5-6-13-11-7-9(2)12(14(15)16)10(3)8-11/h7-8,13H,4-6H2,1-3H3. The first-order valence-corrected chi connectivity index (χ1v) is 5.55. The largest absolute Gasteiger partial charge is 0.385 e. The van der Waals surface area contributed by atoms with E-state index in [2.05, 4.69) is 12.2 Å². The van der Waals surface area contributed by atoms with E-state index in [0.29, 0.717) is 11.1 Å². The molecule has 0 spiro atoms. The fraction of sp³-hybridized carbons (Fsp3) is 0.500. The molecule has 4 nitrogen and oxygen atoms in total. The molecule has 0 aliphatic heterocycles. The summed E-state index contributed by atoms with van der Waals surface area (Å²) in [6.45, 7) is 6.59. The van der Waals surface area contributed by atoms with Crippen LogP contribution in [0.2, 0.25) is 0 Å². The van der Waals surface area contributed by atoms with Crippen molar-refractivity contribution >= 4 is 11.4 Å². The number of unbranched alkanes of at least 4 members (excludes halogenated alkanes) is 1. The highest BCUT2D eigenvalue weighted by Gasteiger charge is 2.14. The van der Waals surface area contributed by atoms with Crippen molar-refractivity contribution in [1.29, 1.82) is 0 Å². The van der Waals surface area contributed by atoms with Gasteiger partial charge >= 0.3 is 0 Å². The van der Waals surface area contributed by atoms with Crippen molar-refractivity contribution in [3.8, 4) is 0 Å². The average Bonchev–Trinajstić information content (AvgIpc) is 2.16. The summed E-state index contributed by atoms with van der Waals surface area (Å²) < 4.78 is 0. The lowest BCUT2D eigenvalue weighted by Gasteiger charge is -2.08. The number of benzene rings is 1. The van der Waals surface area contributed by atoms with Crippen molar-refractivity contribution < 1.29 is 4.92 Å². The zero-order valence-electron chi connectivity index (χ0n) is 10.0. The van der Waals surface area contributed by atoms with Gasteiger partial charge in [-0.3, -0.25) is 10.1 Å². The van der Waals surface area contributed by atoms with Gasteiger partial charge in [-0.05, 0) is 32.4 Å². The zero-order chi connectivity index (χ0) is 12.1. The maximum Gasteiger partial charge on any atom is 0.275 e. The molecule has 88 valence electrons. The maximum absolute atomic E-state index is 10.8. The molecule has 4 heteroatoms. The summed E-state index contributed by atoms with van der Waals surface area (Å²) in [5.74, 6) is 0. The molecule has 16 heavy (non-hydrogen) atoms. The summed E-state index contributed by atoms with van der Waals surface area (Å²) in [5.41, 5.74) is 2.61. The lowest BCUT2D eigenvalue weighted by Crippen LogP contribution is -2.03. The summed E-state index contributed by atoms with van der Waals surface area (Å²) in [7, 11) is 0. The first-order chi connectivity index (χ1) is 7.56. The number of hydrogen-bond donors (Lipinski definition) is 1. The number of nitro groups is 1. The van der Waals surface area contributed by atoms with E-state index in [9.17, 15) is 10.1 Å². The Hall–Kier alpha value is -1.58. The quantitative estimate of drug-likeness (QED) is 0.471. The number of aryl methyl sites for hydroxylation is 2. The first-order valence-electron chi connectivity index (χ1n) is 5.55. The molecule has 0 amide bonds. The van der Waals surface area contributed by atoms with Crippen molar-refractivity contribution in [3.05, 3.63) is 33.4 Å². The van der Waals surface area contributed by atoms with Crippen LogP contribution < -0.4 is 5.32 Å². The molecule has 0 radical (unpaired) electrons. The molecule has 0 unspecified atom stereocenters. The van der Waals surface area contributed by atoms with Gasteiger partial charge in [-0.2, -0.15) is 0 Å². The number of rotatable bonds is 5. The molecule has 0 saturated carbocycles. The topological polar surface area (TPSA) is 55.2 Å². The molecule has 1 aromatic rings. The molecular formula is C12H18N2O2. The number of nitrogens with one attached hydrogen (secondary N) is 1. The predicted molar refractivity (Wildman–Crippen MR) is 66.0 cm³/mol. The van der Waals surface area contributed by atoms with E-state index in [1.165, 1.54) is 0 Å². The number of nitro benzene ring substituents is 1. The third kappa shape index (κ3) is 2.95. The minimum absolute atomic E-state index is 0.223. The monoisotopic (exact) mass is 222 g/mol. The number of anilines is 1. The second kappa shape index (κ2) is 5.49. The van der Waals surface area contributed by atoms with Crippen LogP contribution in [-0.2, 0) is 0 Å². The molecule has 0 aromatic heterocycles. The molecule has 0 aliphatic rings. The lowest BCUT2D eigenvalue weighted by molar-refractivity contribution is -0.386. The van der Waals surface area contributed by atoms with Gasteiger partial charge in [0.1, 0.15) is 0 Å². The van der Waals surface area contributed by atoms with E-state index in [1.54, 1.807) is 13.8 Å². The summed E-state index contributed by atoms with van der Waals surface area (Å²) in [6.07, 6.45) is 2.24. The van der Waals surface area contributed by atoms with Gasteiger partial charge in [0.05, 0.1) is 4.92 Å². The fourth-order valence-electron chi connectivity index (χ4n) is 1.76. The summed E-state index contributed by atoms with van der Waals surface area (Å²) in [5, 5.41) is 14.1. The van der Waals surface area contributed by atoms with E-state index >= 15 is 0 Å². The van der Waals surface area contributed by atoms with E-state index in [1.807, 2.05) is 12.1 Å². The van der Waals surface area contributed by atoms with Crippen molar-refractivity contribution in [1.82, 2.24) is 0 Å². The molecule has 0 aliphatic carbocycles. The van der Waals surface area contributed by atoms with Crippen LogP contribution in [0.5, 0.6) is 0 Å². The Labute approximate surface area is 95.8 Å². The lowest BCUT2D eigenvalue weighted by atomic mass is 10.1. The molecule has 1 N–H and O–H groups in total. The average molecular weight is 222 g/mol. The van der Waals surface area contributed by atoms with Crippen LogP contribution >= 0.6 is 0 Å². The molecule has 0 fully saturated rings. The van der Waals surface area contributed by atoms with E-state index in [4.69, 9.17) is 0 Å². The minimum atomic E-state index is -0.319. The molecule has 0 bridgehead atoms. The Bertz CT molecular complexity index is 366. The molecule has 1 rings (SSSR count). The van der Waals surface area contributed by atoms with Crippen LogP contribution in [0.1, 0.15) is 30.9 Å². The summed E-state index contributed by atoms with van der Waals surface area (Å²) in [4.78, 5) is 10.5. The van der Waals surface area contributed by atoms with Gasteiger partial charge in [-0.15, -0.1) is 0 Å². The maximum atomic E-state index is 10.8. The smallest absolute Gasteiger partial charge is 0.275 e. The van der Waals surface area contributed by atoms with Crippen molar-refractivity contribution in [2.45, 2.75) is 33.6 Å². The van der Waals surface area contributed by atoms with Crippen molar-refractivity contribution in [3.63, 3.8) is 0 Å². The van der Waals surface area contributed by atoms with Gasteiger partial charge < -0.3 is 5.32 Å². The Morgan fingerprint density at radius 1 is 1.31 bits per heavy atom. The van der Waals surface area contributed by atoms with E-state index < -0.39 is 0 Å². The predicted octanol–water partition coefficient (Wildman–Crippen LogP) is 3.42. The van der Waals surface area contributed by atoms with E-state index in [0.717, 1.165) is 25.1 Å². The van der Waals surface area contributed by atoms with Crippen LogP contribution in [-0.4, -0.2) is 11.5 Å². The minimum Gasteiger partial charge on any atom is -0.385 e. The SMILES string of the molecule is CCCCNc1cc(C)c([N+](=O)[O-])c(C)c1. The van der Waals surface area contributed by atoms with Gasteiger partial charge in [-0.1, -0.05) is 13.3 Å². The number of hydrogen-bond acceptors (Lipinski definition) is 3. The number of nitrogens with zero attached hydrogens (tertiary/aromatic N) is 1. The molecule has 0 heterocycles. The van der Waals surface area contributed by atoms with Crippen LogP contribution in [0.15, 0.2) is 12.1 Å². The zero-order valence-corrected chi connectivity index (χ0v) is 10.0. The summed E-state index contributed by atoms with van der Waals surface area (Å²) in [6, 6.07) is 3.67. The Morgan fingerprint density at radius 3 is 2.31 bits per heavy atom. The fourth-order valence-corrected chi connectivity index (χ4v) is 1.76. The first kappa shape index (κ1) is 12.5. The van der Waals surface area contributed by atoms with Crippen LogP contribution in [0.4, 0.5) is 11.4 Å². The second-order valence-corrected chi connectivity index (χ2v) is 4.00. The Morgan fingerprint density at radius 2 is 1.88 bits per heavy atom. The summed E-state index contributed by atoms with van der Waals surface area (Å²) >= 11 is 0. The molecule has 0 saturated heterocycles. The van der Waals surface area contributed by atoms with Crippen LogP contribution in [0.25, 0.3) is 0 Å². The van der Waals surface area contributed by atoms with Gasteiger partial charge in [0, 0.05) is 23.4 Å². The van der Waals surface area contributed by atoms with Crippen molar-refractivity contribution in [2.24, 2.45) is 0 Å². The van der Waals surface area contributed by atoms with Crippen LogP contribution in [0.3, 0.4) is 0 Å². The molecule has 0 atom stereocenters. The third-order valence-corrected chi connectivity index (χ3v) is 2.53. The second-order valence-electron chi connectivity index (χ2n) is 4.00. The van der Waals surface area contributed by atoms with Gasteiger partial charge in [-0.25, -0.2) is 0 Å². The van der Waals surface area contributed by atoms with Crippen molar-refractivity contribution in [2.75, 3.05) is 11.9 Å². The normalized spacial score (nSPS) is 10.2.